The van der Waals surface area contributed by atoms with E-state index in [0.717, 1.165) is 16.3 Å². The summed E-state index contributed by atoms with van der Waals surface area (Å²) in [6.45, 7) is 2.37. The molecule has 0 fully saturated rings. The Balaban J connectivity index is 2.56. The third-order valence-electron chi connectivity index (χ3n) is 2.20. The van der Waals surface area contributed by atoms with E-state index in [0.29, 0.717) is 6.61 Å². The van der Waals surface area contributed by atoms with Crippen LogP contribution in [0.4, 0.5) is 0 Å². The van der Waals surface area contributed by atoms with Crippen LogP contribution in [0.1, 0.15) is 12.5 Å². The van der Waals surface area contributed by atoms with Crippen molar-refractivity contribution in [1.82, 2.24) is 4.98 Å². The molecule has 0 aliphatic rings. The van der Waals surface area contributed by atoms with Crippen LogP contribution in [0.25, 0.3) is 10.8 Å². The smallest absolute Gasteiger partial charge is 0.215 e. The number of pyridine rings is 1. The van der Waals surface area contributed by atoms with Gasteiger partial charge in [0, 0.05) is 17.8 Å². The van der Waals surface area contributed by atoms with Crippen LogP contribution in [0.15, 0.2) is 36.7 Å². The highest BCUT2D eigenvalue weighted by Crippen LogP contribution is 2.17. The topological polar surface area (TPSA) is 46.0 Å². The van der Waals surface area contributed by atoms with E-state index in [9.17, 15) is 0 Å². The van der Waals surface area contributed by atoms with Crippen LogP contribution in [0.3, 0.4) is 0 Å². The Labute approximate surface area is 88.2 Å². The van der Waals surface area contributed by atoms with Gasteiger partial charge in [0.05, 0.1) is 12.2 Å². The van der Waals surface area contributed by atoms with Gasteiger partial charge in [-0.05, 0) is 12.3 Å². The van der Waals surface area contributed by atoms with E-state index in [4.69, 9.17) is 10.1 Å². The zero-order chi connectivity index (χ0) is 10.7. The second kappa shape index (κ2) is 4.09. The Bertz CT molecular complexity index is 488. The van der Waals surface area contributed by atoms with Gasteiger partial charge < -0.3 is 4.74 Å². The minimum Gasteiger partial charge on any atom is -0.478 e. The van der Waals surface area contributed by atoms with Crippen molar-refractivity contribution >= 4 is 16.7 Å². The molecule has 1 N–H and O–H groups in total. The number of aromatic nitrogens is 1. The lowest BCUT2D eigenvalue weighted by Crippen LogP contribution is -2.05. The monoisotopic (exact) mass is 200 g/mol. The summed E-state index contributed by atoms with van der Waals surface area (Å²) >= 11 is 0. The molecule has 2 rings (SSSR count). The van der Waals surface area contributed by atoms with Crippen molar-refractivity contribution in [2.45, 2.75) is 6.92 Å². The molecule has 0 bridgehead atoms. The molecule has 0 unspecified atom stereocenters. The summed E-state index contributed by atoms with van der Waals surface area (Å²) in [6, 6.07) is 7.86. The van der Waals surface area contributed by atoms with Crippen molar-refractivity contribution in [3.05, 3.63) is 42.2 Å². The maximum Gasteiger partial charge on any atom is 0.215 e. The Morgan fingerprint density at radius 3 is 2.93 bits per heavy atom. The number of benzene rings is 1. The Hall–Kier alpha value is -1.90. The third-order valence-corrected chi connectivity index (χ3v) is 2.20. The van der Waals surface area contributed by atoms with Crippen molar-refractivity contribution in [1.29, 1.82) is 5.41 Å². The predicted octanol–water partition coefficient (Wildman–Crippen LogP) is 2.60. The van der Waals surface area contributed by atoms with Crippen molar-refractivity contribution in [3.8, 4) is 0 Å². The molecule has 76 valence electrons. The highest BCUT2D eigenvalue weighted by Gasteiger charge is 2.06. The lowest BCUT2D eigenvalue weighted by atomic mass is 10.1. The molecule has 1 aromatic carbocycles. The molecule has 0 saturated carbocycles. The van der Waals surface area contributed by atoms with Gasteiger partial charge in [-0.15, -0.1) is 0 Å². The van der Waals surface area contributed by atoms with Gasteiger partial charge in [-0.3, -0.25) is 10.4 Å². The molecular weight excluding hydrogens is 188 g/mol. The van der Waals surface area contributed by atoms with E-state index in [1.165, 1.54) is 0 Å². The molecule has 0 aliphatic heterocycles. The molecule has 0 saturated heterocycles. The SMILES string of the molecule is CCOC(=N)c1cncc2ccccc12. The van der Waals surface area contributed by atoms with Gasteiger partial charge in [0.2, 0.25) is 5.90 Å². The number of nitrogens with zero attached hydrogens (tertiary/aromatic N) is 1. The third kappa shape index (κ3) is 1.81. The van der Waals surface area contributed by atoms with Gasteiger partial charge in [0.1, 0.15) is 0 Å². The minimum absolute atomic E-state index is 0.182. The fraction of sp³-hybridized carbons (Fsp3) is 0.167. The Morgan fingerprint density at radius 2 is 2.13 bits per heavy atom. The van der Waals surface area contributed by atoms with Crippen LogP contribution < -0.4 is 0 Å². The minimum atomic E-state index is 0.182. The Kier molecular flexibility index (Phi) is 2.63. The van der Waals surface area contributed by atoms with Gasteiger partial charge >= 0.3 is 0 Å². The van der Waals surface area contributed by atoms with E-state index < -0.39 is 0 Å². The second-order valence-electron chi connectivity index (χ2n) is 3.17. The molecule has 0 atom stereocenters. The molecule has 3 heteroatoms. The summed E-state index contributed by atoms with van der Waals surface area (Å²) in [5.41, 5.74) is 0.745. The van der Waals surface area contributed by atoms with E-state index in [-0.39, 0.29) is 5.90 Å². The lowest BCUT2D eigenvalue weighted by Gasteiger charge is -2.07. The summed E-state index contributed by atoms with van der Waals surface area (Å²) in [5.74, 6) is 0.182. The zero-order valence-electron chi connectivity index (χ0n) is 8.53. The summed E-state index contributed by atoms with van der Waals surface area (Å²) in [5, 5.41) is 9.78. The standard InChI is InChI=1S/C12H12N2O/c1-2-15-12(13)11-8-14-7-9-5-3-4-6-10(9)11/h3-8,13H,2H2,1H3. The largest absolute Gasteiger partial charge is 0.478 e. The van der Waals surface area contributed by atoms with Gasteiger partial charge in [0.25, 0.3) is 0 Å². The van der Waals surface area contributed by atoms with Crippen molar-refractivity contribution in [3.63, 3.8) is 0 Å². The first-order valence-corrected chi connectivity index (χ1v) is 4.87. The first kappa shape index (κ1) is 9.65. The average molecular weight is 200 g/mol. The van der Waals surface area contributed by atoms with Crippen LogP contribution in [0.5, 0.6) is 0 Å². The van der Waals surface area contributed by atoms with Crippen LogP contribution in [-0.2, 0) is 4.74 Å². The molecule has 1 heterocycles. The summed E-state index contributed by atoms with van der Waals surface area (Å²) < 4.78 is 5.18. The van der Waals surface area contributed by atoms with Crippen molar-refractivity contribution in [2.75, 3.05) is 6.61 Å². The number of ether oxygens (including phenoxy) is 1. The maximum atomic E-state index is 7.75. The molecule has 0 radical (unpaired) electrons. The molecular formula is C12H12N2O. The first-order chi connectivity index (χ1) is 7.33. The molecule has 0 amide bonds. The second-order valence-corrected chi connectivity index (χ2v) is 3.17. The van der Waals surface area contributed by atoms with E-state index in [2.05, 4.69) is 4.98 Å². The van der Waals surface area contributed by atoms with Crippen LogP contribution in [0.2, 0.25) is 0 Å². The molecule has 15 heavy (non-hydrogen) atoms. The fourth-order valence-corrected chi connectivity index (χ4v) is 1.52. The number of hydrogen-bond acceptors (Lipinski definition) is 3. The molecule has 1 aromatic heterocycles. The van der Waals surface area contributed by atoms with Crippen LogP contribution in [0, 0.1) is 5.41 Å². The quantitative estimate of drug-likeness (QED) is 0.598. The molecule has 0 aliphatic carbocycles. The summed E-state index contributed by atoms with van der Waals surface area (Å²) in [6.07, 6.45) is 3.46. The highest BCUT2D eigenvalue weighted by atomic mass is 16.5. The molecule has 2 aromatic rings. The average Bonchev–Trinajstić information content (AvgIpc) is 2.28. The lowest BCUT2D eigenvalue weighted by molar-refractivity contribution is 0.326. The normalized spacial score (nSPS) is 10.2. The van der Waals surface area contributed by atoms with Crippen molar-refractivity contribution in [2.24, 2.45) is 0 Å². The van der Waals surface area contributed by atoms with Gasteiger partial charge in [-0.25, -0.2) is 0 Å². The van der Waals surface area contributed by atoms with Gasteiger partial charge in [0.15, 0.2) is 0 Å². The van der Waals surface area contributed by atoms with Crippen molar-refractivity contribution < 1.29 is 4.74 Å². The van der Waals surface area contributed by atoms with Crippen LogP contribution >= 0.6 is 0 Å². The summed E-state index contributed by atoms with van der Waals surface area (Å²) in [7, 11) is 0. The van der Waals surface area contributed by atoms with Gasteiger partial charge in [-0.2, -0.15) is 0 Å². The zero-order valence-corrected chi connectivity index (χ0v) is 8.53. The number of rotatable bonds is 2. The van der Waals surface area contributed by atoms with Crippen LogP contribution in [-0.4, -0.2) is 17.5 Å². The predicted molar refractivity (Wildman–Crippen MR) is 60.2 cm³/mol. The Morgan fingerprint density at radius 1 is 1.33 bits per heavy atom. The van der Waals surface area contributed by atoms with Gasteiger partial charge in [-0.1, -0.05) is 24.3 Å². The number of hydrogen-bond donors (Lipinski definition) is 1. The number of nitrogens with one attached hydrogen (secondary N) is 1. The van der Waals surface area contributed by atoms with E-state index >= 15 is 0 Å². The first-order valence-electron chi connectivity index (χ1n) is 4.87. The van der Waals surface area contributed by atoms with E-state index in [1.54, 1.807) is 12.4 Å². The highest BCUT2D eigenvalue weighted by molar-refractivity contribution is 6.04. The molecule has 0 spiro atoms. The maximum absolute atomic E-state index is 7.75. The van der Waals surface area contributed by atoms with E-state index in [1.807, 2.05) is 31.2 Å². The fourth-order valence-electron chi connectivity index (χ4n) is 1.52. The number of fused-ring (bicyclic) bond motifs is 1. The summed E-state index contributed by atoms with van der Waals surface area (Å²) in [4.78, 5) is 4.10. The molecule has 3 nitrogen and oxygen atoms in total.